The Bertz CT molecular complexity index is 303. The smallest absolute Gasteiger partial charge is 0.239 e. The maximum atomic E-state index is 12.4. The fourth-order valence-corrected chi connectivity index (χ4v) is 3.52. The van der Waals surface area contributed by atoms with Gasteiger partial charge in [-0.3, -0.25) is 4.79 Å². The fraction of sp³-hybridized carbons (Fsp3) is 0.938. The van der Waals surface area contributed by atoms with Gasteiger partial charge in [0.2, 0.25) is 5.91 Å². The Labute approximate surface area is 118 Å². The number of rotatable bonds is 4. The molecule has 1 saturated carbocycles. The fourth-order valence-electron chi connectivity index (χ4n) is 3.52. The lowest BCUT2D eigenvalue weighted by atomic mass is 9.77. The van der Waals surface area contributed by atoms with Gasteiger partial charge in [0.25, 0.3) is 0 Å². The lowest BCUT2D eigenvalue weighted by molar-refractivity contribution is -0.133. The van der Waals surface area contributed by atoms with Crippen molar-refractivity contribution >= 4 is 5.91 Å². The summed E-state index contributed by atoms with van der Waals surface area (Å²) in [5, 5.41) is 3.63. The van der Waals surface area contributed by atoms with Gasteiger partial charge in [-0.2, -0.15) is 0 Å². The molecule has 3 nitrogen and oxygen atoms in total. The highest BCUT2D eigenvalue weighted by Crippen LogP contribution is 2.32. The molecule has 1 N–H and O–H groups in total. The van der Waals surface area contributed by atoms with Crippen molar-refractivity contribution in [2.75, 3.05) is 13.6 Å². The highest BCUT2D eigenvalue weighted by molar-refractivity contribution is 5.81. The van der Waals surface area contributed by atoms with E-state index in [2.05, 4.69) is 19.2 Å². The molecule has 0 aromatic heterocycles. The number of amides is 1. The Kier molecular flexibility index (Phi) is 5.26. The normalized spacial score (nSPS) is 31.1. The van der Waals surface area contributed by atoms with Gasteiger partial charge >= 0.3 is 0 Å². The van der Waals surface area contributed by atoms with E-state index in [0.29, 0.717) is 17.9 Å². The lowest BCUT2D eigenvalue weighted by Gasteiger charge is -2.40. The van der Waals surface area contributed by atoms with E-state index in [9.17, 15) is 4.79 Å². The van der Waals surface area contributed by atoms with Crippen LogP contribution in [0.25, 0.3) is 0 Å². The molecular formula is C16H30N2O. The Morgan fingerprint density at radius 3 is 2.68 bits per heavy atom. The van der Waals surface area contributed by atoms with E-state index in [-0.39, 0.29) is 6.04 Å². The zero-order chi connectivity index (χ0) is 13.8. The predicted molar refractivity (Wildman–Crippen MR) is 79.0 cm³/mol. The first-order valence-electron chi connectivity index (χ1n) is 8.09. The number of carbonyl (C=O) groups is 1. The summed E-state index contributed by atoms with van der Waals surface area (Å²) in [6, 6.07) is 0.687. The van der Waals surface area contributed by atoms with Crippen molar-refractivity contribution < 1.29 is 4.79 Å². The average molecular weight is 266 g/mol. The molecule has 2 fully saturated rings. The highest BCUT2D eigenvalue weighted by atomic mass is 16.2. The molecule has 3 unspecified atom stereocenters. The minimum Gasteiger partial charge on any atom is -0.344 e. The van der Waals surface area contributed by atoms with Crippen LogP contribution in [0.4, 0.5) is 0 Å². The largest absolute Gasteiger partial charge is 0.344 e. The van der Waals surface area contributed by atoms with Gasteiger partial charge in [-0.1, -0.05) is 26.7 Å². The van der Waals surface area contributed by atoms with E-state index >= 15 is 0 Å². The molecule has 0 aromatic carbocycles. The van der Waals surface area contributed by atoms with Crippen LogP contribution in [0.5, 0.6) is 0 Å². The third kappa shape index (κ3) is 3.95. The first kappa shape index (κ1) is 14.8. The number of likely N-dealkylation sites (N-methyl/N-ethyl adjacent to an activating group) is 1. The molecule has 1 aliphatic heterocycles. The van der Waals surface area contributed by atoms with Gasteiger partial charge in [0.15, 0.2) is 0 Å². The zero-order valence-electron chi connectivity index (χ0n) is 12.8. The molecule has 2 rings (SSSR count). The highest BCUT2D eigenvalue weighted by Gasteiger charge is 2.35. The summed E-state index contributed by atoms with van der Waals surface area (Å²) >= 11 is 0. The molecule has 3 atom stereocenters. The van der Waals surface area contributed by atoms with Crippen molar-refractivity contribution in [3.8, 4) is 0 Å². The van der Waals surface area contributed by atoms with Gasteiger partial charge in [-0.15, -0.1) is 0 Å². The van der Waals surface area contributed by atoms with Gasteiger partial charge in [-0.25, -0.2) is 0 Å². The molecule has 3 heteroatoms. The third-order valence-electron chi connectivity index (χ3n) is 4.87. The van der Waals surface area contributed by atoms with E-state index in [4.69, 9.17) is 0 Å². The summed E-state index contributed by atoms with van der Waals surface area (Å²) < 4.78 is 0. The van der Waals surface area contributed by atoms with Gasteiger partial charge in [-0.05, 0) is 43.9 Å². The molecule has 1 amide bonds. The number of hydrogen-bond donors (Lipinski definition) is 1. The lowest BCUT2D eigenvalue weighted by Crippen LogP contribution is -2.55. The van der Waals surface area contributed by atoms with E-state index in [1.54, 1.807) is 0 Å². The van der Waals surface area contributed by atoms with Crippen molar-refractivity contribution in [1.29, 1.82) is 0 Å². The van der Waals surface area contributed by atoms with Gasteiger partial charge in [0, 0.05) is 19.6 Å². The Hall–Kier alpha value is -0.570. The number of carbonyl (C=O) groups excluding carboxylic acids is 1. The zero-order valence-corrected chi connectivity index (χ0v) is 12.8. The Balaban J connectivity index is 1.82. The number of hydrogen-bond acceptors (Lipinski definition) is 2. The SMILES string of the molecule is CC(C)CCN(C)C(=O)C1CCC2CCCCC2N1. The Morgan fingerprint density at radius 2 is 1.95 bits per heavy atom. The van der Waals surface area contributed by atoms with E-state index < -0.39 is 0 Å². The molecule has 110 valence electrons. The molecule has 0 radical (unpaired) electrons. The summed E-state index contributed by atoms with van der Waals surface area (Å²) in [7, 11) is 1.96. The van der Waals surface area contributed by atoms with Crippen molar-refractivity contribution in [2.45, 2.75) is 70.9 Å². The van der Waals surface area contributed by atoms with E-state index in [1.165, 1.54) is 32.1 Å². The van der Waals surface area contributed by atoms with E-state index in [1.807, 2.05) is 11.9 Å². The predicted octanol–water partition coefficient (Wildman–Crippen LogP) is 2.80. The van der Waals surface area contributed by atoms with Crippen LogP contribution >= 0.6 is 0 Å². The molecule has 0 spiro atoms. The third-order valence-corrected chi connectivity index (χ3v) is 4.87. The number of fused-ring (bicyclic) bond motifs is 1. The van der Waals surface area contributed by atoms with Crippen LogP contribution in [0.1, 0.15) is 58.8 Å². The standard InChI is InChI=1S/C16H30N2O/c1-12(2)10-11-18(3)16(19)15-9-8-13-6-4-5-7-14(13)17-15/h12-15,17H,4-11H2,1-3H3. The molecule has 2 aliphatic rings. The maximum Gasteiger partial charge on any atom is 0.239 e. The van der Waals surface area contributed by atoms with Crippen LogP contribution in [-0.4, -0.2) is 36.5 Å². The summed E-state index contributed by atoms with van der Waals surface area (Å²) in [6.07, 6.45) is 8.72. The minimum absolute atomic E-state index is 0.0801. The summed E-state index contributed by atoms with van der Waals surface area (Å²) in [5.41, 5.74) is 0. The second-order valence-corrected chi connectivity index (χ2v) is 6.89. The first-order valence-corrected chi connectivity index (χ1v) is 8.09. The molecule has 1 aliphatic carbocycles. The molecular weight excluding hydrogens is 236 g/mol. The van der Waals surface area contributed by atoms with E-state index in [0.717, 1.165) is 25.3 Å². The summed E-state index contributed by atoms with van der Waals surface area (Å²) in [6.45, 7) is 5.32. The maximum absolute atomic E-state index is 12.4. The molecule has 0 bridgehead atoms. The second-order valence-electron chi connectivity index (χ2n) is 6.89. The van der Waals surface area contributed by atoms with Crippen LogP contribution in [-0.2, 0) is 4.79 Å². The number of nitrogens with one attached hydrogen (secondary N) is 1. The molecule has 1 heterocycles. The first-order chi connectivity index (χ1) is 9.08. The van der Waals surface area contributed by atoms with Crippen molar-refractivity contribution in [3.63, 3.8) is 0 Å². The average Bonchev–Trinajstić information content (AvgIpc) is 2.43. The molecule has 0 aromatic rings. The number of nitrogens with zero attached hydrogens (tertiary/aromatic N) is 1. The van der Waals surface area contributed by atoms with Gasteiger partial charge in [0.1, 0.15) is 0 Å². The monoisotopic (exact) mass is 266 g/mol. The quantitative estimate of drug-likeness (QED) is 0.848. The van der Waals surface area contributed by atoms with Gasteiger partial charge < -0.3 is 10.2 Å². The van der Waals surface area contributed by atoms with Crippen LogP contribution in [0.2, 0.25) is 0 Å². The van der Waals surface area contributed by atoms with Gasteiger partial charge in [0.05, 0.1) is 6.04 Å². The second kappa shape index (κ2) is 6.74. The number of piperidine rings is 1. The minimum atomic E-state index is 0.0801. The summed E-state index contributed by atoms with van der Waals surface area (Å²) in [4.78, 5) is 14.4. The van der Waals surface area contributed by atoms with Crippen LogP contribution in [0.3, 0.4) is 0 Å². The molecule has 19 heavy (non-hydrogen) atoms. The van der Waals surface area contributed by atoms with Crippen LogP contribution in [0, 0.1) is 11.8 Å². The van der Waals surface area contributed by atoms with Crippen molar-refractivity contribution in [2.24, 2.45) is 11.8 Å². The van der Waals surface area contributed by atoms with Crippen LogP contribution in [0.15, 0.2) is 0 Å². The van der Waals surface area contributed by atoms with Crippen molar-refractivity contribution in [1.82, 2.24) is 10.2 Å². The summed E-state index contributed by atoms with van der Waals surface area (Å²) in [5.74, 6) is 1.81. The van der Waals surface area contributed by atoms with Crippen molar-refractivity contribution in [3.05, 3.63) is 0 Å². The molecule has 1 saturated heterocycles. The topological polar surface area (TPSA) is 32.3 Å². The Morgan fingerprint density at radius 1 is 1.21 bits per heavy atom. The van der Waals surface area contributed by atoms with Crippen LogP contribution < -0.4 is 5.32 Å².